The van der Waals surface area contributed by atoms with Crippen molar-refractivity contribution in [2.45, 2.75) is 24.0 Å². The number of rotatable bonds is 2. The third-order valence-corrected chi connectivity index (χ3v) is 10.8. The van der Waals surface area contributed by atoms with Gasteiger partial charge in [-0.1, -0.05) is 48.5 Å². The minimum atomic E-state index is -1.36. The average Bonchev–Trinajstić information content (AvgIpc) is 3.03. The molecule has 0 amide bonds. The van der Waals surface area contributed by atoms with Gasteiger partial charge in [-0.2, -0.15) is 0 Å². The number of nitrogens with zero attached hydrogens (tertiary/aromatic N) is 4. The van der Waals surface area contributed by atoms with E-state index in [2.05, 4.69) is 31.7 Å². The molecule has 0 atom stereocenters. The van der Waals surface area contributed by atoms with Crippen molar-refractivity contribution in [1.82, 2.24) is 0 Å². The molecule has 8 heteroatoms. The lowest BCUT2D eigenvalue weighted by atomic mass is 9.61. The zero-order valence-electron chi connectivity index (χ0n) is 26.2. The van der Waals surface area contributed by atoms with E-state index in [-0.39, 0.29) is 11.5 Å². The molecule has 46 heavy (non-hydrogen) atoms. The van der Waals surface area contributed by atoms with Crippen molar-refractivity contribution in [3.63, 3.8) is 0 Å². The Hall–Kier alpha value is -4.92. The van der Waals surface area contributed by atoms with E-state index in [1.807, 2.05) is 76.7 Å². The Morgan fingerprint density at radius 3 is 1.35 bits per heavy atom. The fourth-order valence-electron chi connectivity index (χ4n) is 8.79. The van der Waals surface area contributed by atoms with E-state index in [9.17, 15) is 20.4 Å². The number of hydrogen-bond donors (Lipinski definition) is 2. The molecule has 2 aliphatic heterocycles. The van der Waals surface area contributed by atoms with Gasteiger partial charge in [0.05, 0.1) is 36.1 Å². The summed E-state index contributed by atoms with van der Waals surface area (Å²) in [6, 6.07) is 23.7. The fourth-order valence-corrected chi connectivity index (χ4v) is 8.79. The highest BCUT2D eigenvalue weighted by atomic mass is 16.3. The number of anilines is 4. The predicted octanol–water partition coefficient (Wildman–Crippen LogP) is 4.74. The van der Waals surface area contributed by atoms with Gasteiger partial charge in [0, 0.05) is 73.0 Å². The molecule has 0 bridgehead atoms. The van der Waals surface area contributed by atoms with Crippen LogP contribution in [0.2, 0.25) is 0 Å². The quantitative estimate of drug-likeness (QED) is 0.272. The van der Waals surface area contributed by atoms with E-state index in [1.165, 1.54) is 0 Å². The van der Waals surface area contributed by atoms with Gasteiger partial charge in [0.2, 0.25) is 0 Å². The number of phenols is 2. The summed E-state index contributed by atoms with van der Waals surface area (Å²) in [6.07, 6.45) is -2.71. The first-order valence-corrected chi connectivity index (χ1v) is 15.7. The van der Waals surface area contributed by atoms with Gasteiger partial charge in [0.15, 0.2) is 0 Å². The molecule has 0 radical (unpaired) electrons. The molecule has 0 aromatic heterocycles. The summed E-state index contributed by atoms with van der Waals surface area (Å²) >= 11 is 0. The van der Waals surface area contributed by atoms with E-state index in [0.29, 0.717) is 24.5 Å². The summed E-state index contributed by atoms with van der Waals surface area (Å²) in [6.45, 7) is 1.27. The van der Waals surface area contributed by atoms with Gasteiger partial charge >= 0.3 is 0 Å². The highest BCUT2D eigenvalue weighted by molar-refractivity contribution is 6.20. The van der Waals surface area contributed by atoms with Crippen LogP contribution in [0.15, 0.2) is 72.8 Å². The van der Waals surface area contributed by atoms with Crippen LogP contribution in [-0.2, 0) is 0 Å². The van der Waals surface area contributed by atoms with Gasteiger partial charge in [-0.3, -0.25) is 0 Å². The van der Waals surface area contributed by atoms with Crippen LogP contribution in [0.25, 0.3) is 43.1 Å². The van der Waals surface area contributed by atoms with E-state index in [1.54, 1.807) is 12.1 Å². The minimum Gasteiger partial charge on any atom is -0.851 e. The van der Waals surface area contributed by atoms with Gasteiger partial charge in [-0.15, -0.1) is 12.2 Å². The second-order valence-corrected chi connectivity index (χ2v) is 13.5. The van der Waals surface area contributed by atoms with Crippen LogP contribution in [0.3, 0.4) is 0 Å². The normalized spacial score (nSPS) is 22.4. The van der Waals surface area contributed by atoms with Crippen LogP contribution < -0.4 is 29.8 Å². The zero-order chi connectivity index (χ0) is 31.8. The molecule has 0 unspecified atom stereocenters. The first kappa shape index (κ1) is 27.4. The number of aromatic hydroxyl groups is 2. The summed E-state index contributed by atoms with van der Waals surface area (Å²) in [5, 5.41) is 59.6. The fraction of sp³-hybridized carbons (Fsp3) is 0.263. The number of benzene rings is 6. The third kappa shape index (κ3) is 3.40. The van der Waals surface area contributed by atoms with Crippen LogP contribution in [-0.4, -0.2) is 63.9 Å². The van der Waals surface area contributed by atoms with E-state index in [0.717, 1.165) is 65.8 Å². The Morgan fingerprint density at radius 1 is 0.543 bits per heavy atom. The summed E-state index contributed by atoms with van der Waals surface area (Å²) < 4.78 is 0. The van der Waals surface area contributed by atoms with Gasteiger partial charge in [0.25, 0.3) is 0 Å². The first-order chi connectivity index (χ1) is 22.2. The molecular weight excluding hydrogens is 576 g/mol. The Labute approximate surface area is 266 Å². The highest BCUT2D eigenvalue weighted by Gasteiger charge is 2.44. The molecule has 6 aromatic carbocycles. The smallest absolute Gasteiger partial charge is 0.121 e. The van der Waals surface area contributed by atoms with Gasteiger partial charge in [0.1, 0.15) is 11.5 Å². The zero-order valence-corrected chi connectivity index (χ0v) is 26.2. The molecule has 1 saturated carbocycles. The first-order valence-electron chi connectivity index (χ1n) is 15.7. The Balaban J connectivity index is 1.26. The van der Waals surface area contributed by atoms with Crippen LogP contribution in [0.5, 0.6) is 11.5 Å². The highest BCUT2D eigenvalue weighted by Crippen LogP contribution is 2.57. The van der Waals surface area contributed by atoms with Gasteiger partial charge in [-0.25, -0.2) is 0 Å². The average molecular weight is 611 g/mol. The Morgan fingerprint density at radius 2 is 0.935 bits per heavy atom. The number of phenolic OH excluding ortho intramolecular Hbond substituents is 2. The summed E-state index contributed by atoms with van der Waals surface area (Å²) in [7, 11) is 8.04. The molecule has 232 valence electrons. The molecule has 2 heterocycles. The SMILES string of the molecule is CN1CN(C)c2c3ccccc3cc3c(C4C([O-])C(c5c(O)cc6c7c(c8ccccc8cc57)N(C)CN6C)C4[O-])c(O)cc1c23. The molecule has 9 rings (SSSR count). The molecule has 3 aliphatic rings. The maximum Gasteiger partial charge on any atom is 0.121 e. The summed E-state index contributed by atoms with van der Waals surface area (Å²) in [4.78, 5) is 8.51. The maximum absolute atomic E-state index is 14.5. The number of hydrogen-bond acceptors (Lipinski definition) is 8. The molecule has 8 nitrogen and oxygen atoms in total. The van der Waals surface area contributed by atoms with Crippen molar-refractivity contribution in [2.75, 3.05) is 61.1 Å². The van der Waals surface area contributed by atoms with Crippen LogP contribution in [0, 0.1) is 0 Å². The van der Waals surface area contributed by atoms with Crippen molar-refractivity contribution in [1.29, 1.82) is 0 Å². The molecule has 2 N–H and O–H groups in total. The number of fused-ring (bicyclic) bond motifs is 4. The van der Waals surface area contributed by atoms with Gasteiger partial charge < -0.3 is 40.0 Å². The summed E-state index contributed by atoms with van der Waals surface area (Å²) in [5.41, 5.74) is 4.64. The second kappa shape index (κ2) is 9.31. The van der Waals surface area contributed by atoms with Crippen molar-refractivity contribution in [2.24, 2.45) is 0 Å². The molecule has 1 fully saturated rings. The van der Waals surface area contributed by atoms with Crippen molar-refractivity contribution < 1.29 is 20.4 Å². The molecule has 0 saturated heterocycles. The molecule has 0 spiro atoms. The summed E-state index contributed by atoms with van der Waals surface area (Å²) in [5.74, 6) is -2.00. The van der Waals surface area contributed by atoms with E-state index < -0.39 is 24.0 Å². The largest absolute Gasteiger partial charge is 0.851 e. The molecular formula is C38H34N4O4-2. The lowest BCUT2D eigenvalue weighted by molar-refractivity contribution is -0.535. The van der Waals surface area contributed by atoms with Crippen molar-refractivity contribution >= 4 is 65.8 Å². The Kier molecular flexibility index (Phi) is 5.55. The monoisotopic (exact) mass is 610 g/mol. The lowest BCUT2D eigenvalue weighted by Gasteiger charge is -2.62. The topological polar surface area (TPSA) is 99.5 Å². The standard InChI is InChI=1S/C38H34N4O4/c1-39-17-41(3)35-21-11-7-5-9-19(21)13-23-29(35)25(39)15-27(43)31(23)33-37(45)34(38(33)46)32-24-14-20-10-6-8-12-22(20)36-30(24)26(16-28(32)44)40(2)18-42(36)4/h5-16,33-34,37-38,43-44H,17-18H2,1-4H3/q-2. The second-order valence-electron chi connectivity index (χ2n) is 13.5. The van der Waals surface area contributed by atoms with Crippen LogP contribution >= 0.6 is 0 Å². The van der Waals surface area contributed by atoms with Crippen molar-refractivity contribution in [3.8, 4) is 11.5 Å². The van der Waals surface area contributed by atoms with Gasteiger partial charge in [-0.05, 0) is 45.5 Å². The van der Waals surface area contributed by atoms with Crippen LogP contribution in [0.1, 0.15) is 23.0 Å². The van der Waals surface area contributed by atoms with Crippen molar-refractivity contribution in [3.05, 3.63) is 83.9 Å². The predicted molar refractivity (Wildman–Crippen MR) is 183 cm³/mol. The molecule has 6 aromatic rings. The van der Waals surface area contributed by atoms with Crippen LogP contribution in [0.4, 0.5) is 22.7 Å². The minimum absolute atomic E-state index is 0.0272. The lowest BCUT2D eigenvalue weighted by Crippen LogP contribution is -2.63. The Bertz CT molecular complexity index is 2120. The third-order valence-electron chi connectivity index (χ3n) is 10.8. The molecule has 1 aliphatic carbocycles. The van der Waals surface area contributed by atoms with E-state index >= 15 is 0 Å². The van der Waals surface area contributed by atoms with E-state index in [4.69, 9.17) is 0 Å². The maximum atomic E-state index is 14.5.